The molecule has 1 fully saturated rings. The number of amides is 1. The molecule has 1 aromatic heterocycles. The number of nitrogen functional groups attached to an aromatic ring is 1. The van der Waals surface area contributed by atoms with Gasteiger partial charge < -0.3 is 15.2 Å². The van der Waals surface area contributed by atoms with Crippen LogP contribution in [0.1, 0.15) is 63.5 Å². The van der Waals surface area contributed by atoms with Gasteiger partial charge in [0.1, 0.15) is 5.69 Å². The zero-order chi connectivity index (χ0) is 14.9. The summed E-state index contributed by atoms with van der Waals surface area (Å²) >= 11 is 0. The summed E-state index contributed by atoms with van der Waals surface area (Å²) in [6, 6.07) is 2.05. The Morgan fingerprint density at radius 3 is 2.65 bits per heavy atom. The molecule has 2 rings (SSSR count). The highest BCUT2D eigenvalue weighted by molar-refractivity contribution is 5.94. The molecule has 4 heteroatoms. The summed E-state index contributed by atoms with van der Waals surface area (Å²) in [7, 11) is 0. The van der Waals surface area contributed by atoms with Gasteiger partial charge >= 0.3 is 0 Å². The smallest absolute Gasteiger partial charge is 0.270 e. The van der Waals surface area contributed by atoms with Crippen molar-refractivity contribution in [2.24, 2.45) is 5.41 Å². The van der Waals surface area contributed by atoms with E-state index in [1.54, 1.807) is 6.07 Å². The molecule has 1 saturated heterocycles. The zero-order valence-electron chi connectivity index (χ0n) is 13.1. The minimum absolute atomic E-state index is 0.119. The van der Waals surface area contributed by atoms with Crippen LogP contribution < -0.4 is 5.73 Å². The normalized spacial score (nSPS) is 19.1. The molecule has 0 aliphatic carbocycles. The molecule has 0 unspecified atom stereocenters. The van der Waals surface area contributed by atoms with Gasteiger partial charge in [0.15, 0.2) is 0 Å². The Bertz CT molecular complexity index is 488. The van der Waals surface area contributed by atoms with Gasteiger partial charge in [-0.05, 0) is 44.6 Å². The van der Waals surface area contributed by atoms with Crippen molar-refractivity contribution in [2.45, 2.75) is 53.0 Å². The third kappa shape index (κ3) is 3.17. The molecule has 1 aliphatic rings. The Kier molecular flexibility index (Phi) is 4.11. The third-order valence-corrected chi connectivity index (χ3v) is 4.27. The van der Waals surface area contributed by atoms with Gasteiger partial charge in [0.05, 0.1) is 5.69 Å². The molecule has 0 saturated carbocycles. The first-order valence-electron chi connectivity index (χ1n) is 7.57. The molecule has 0 bridgehead atoms. The van der Waals surface area contributed by atoms with E-state index in [1.807, 2.05) is 15.7 Å². The predicted molar refractivity (Wildman–Crippen MR) is 82.8 cm³/mol. The summed E-state index contributed by atoms with van der Waals surface area (Å²) in [5, 5.41) is 0. The fraction of sp³-hybridized carbons (Fsp3) is 0.688. The van der Waals surface area contributed by atoms with Crippen molar-refractivity contribution in [3.05, 3.63) is 18.0 Å². The number of anilines is 1. The lowest BCUT2D eigenvalue weighted by Gasteiger charge is -2.24. The van der Waals surface area contributed by atoms with Crippen molar-refractivity contribution >= 4 is 11.6 Å². The summed E-state index contributed by atoms with van der Waals surface area (Å²) in [5.74, 6) is 0.119. The number of nitrogens with two attached hydrogens (primary N) is 1. The van der Waals surface area contributed by atoms with Gasteiger partial charge in [-0.15, -0.1) is 0 Å². The fourth-order valence-electron chi connectivity index (χ4n) is 2.89. The average molecular weight is 277 g/mol. The van der Waals surface area contributed by atoms with Gasteiger partial charge in [0.25, 0.3) is 5.91 Å². The number of aromatic nitrogens is 1. The zero-order valence-corrected chi connectivity index (χ0v) is 13.1. The minimum atomic E-state index is 0.119. The molecule has 0 aromatic carbocycles. The number of hydrogen-bond donors (Lipinski definition) is 1. The maximum atomic E-state index is 12.8. The Balaban J connectivity index is 2.19. The summed E-state index contributed by atoms with van der Waals surface area (Å²) in [5.41, 5.74) is 7.59. The third-order valence-electron chi connectivity index (χ3n) is 4.27. The van der Waals surface area contributed by atoms with Crippen LogP contribution in [0.4, 0.5) is 5.69 Å². The second-order valence-corrected chi connectivity index (χ2v) is 6.97. The SMILES string of the molecule is CC(C)n1cc(N)cc1C(=O)N1CCCC(C)(C)CC1. The molecule has 1 amide bonds. The number of carbonyl (C=O) groups is 1. The van der Waals surface area contributed by atoms with E-state index in [1.165, 1.54) is 6.42 Å². The molecule has 2 heterocycles. The molecule has 4 nitrogen and oxygen atoms in total. The van der Waals surface area contributed by atoms with E-state index in [-0.39, 0.29) is 11.9 Å². The van der Waals surface area contributed by atoms with E-state index < -0.39 is 0 Å². The van der Waals surface area contributed by atoms with Crippen LogP contribution in [0.15, 0.2) is 12.3 Å². The second kappa shape index (κ2) is 5.51. The monoisotopic (exact) mass is 277 g/mol. The van der Waals surface area contributed by atoms with E-state index in [4.69, 9.17) is 5.73 Å². The summed E-state index contributed by atoms with van der Waals surface area (Å²) in [4.78, 5) is 14.7. The maximum Gasteiger partial charge on any atom is 0.270 e. The van der Waals surface area contributed by atoms with E-state index >= 15 is 0 Å². The van der Waals surface area contributed by atoms with Crippen molar-refractivity contribution in [1.29, 1.82) is 0 Å². The fourth-order valence-corrected chi connectivity index (χ4v) is 2.89. The van der Waals surface area contributed by atoms with Gasteiger partial charge in [0.2, 0.25) is 0 Å². The van der Waals surface area contributed by atoms with Crippen LogP contribution in [0.2, 0.25) is 0 Å². The van der Waals surface area contributed by atoms with Gasteiger partial charge in [-0.25, -0.2) is 0 Å². The van der Waals surface area contributed by atoms with Crippen molar-refractivity contribution in [2.75, 3.05) is 18.8 Å². The average Bonchev–Trinajstić information content (AvgIpc) is 2.65. The summed E-state index contributed by atoms with van der Waals surface area (Å²) in [6.45, 7) is 10.4. The highest BCUT2D eigenvalue weighted by atomic mass is 16.2. The van der Waals surface area contributed by atoms with E-state index in [9.17, 15) is 4.79 Å². The van der Waals surface area contributed by atoms with Crippen LogP contribution in [0, 0.1) is 5.41 Å². The molecule has 112 valence electrons. The Labute approximate surface area is 121 Å². The highest BCUT2D eigenvalue weighted by Crippen LogP contribution is 2.30. The van der Waals surface area contributed by atoms with Crippen molar-refractivity contribution in [3.63, 3.8) is 0 Å². The summed E-state index contributed by atoms with van der Waals surface area (Å²) < 4.78 is 1.98. The number of hydrogen-bond acceptors (Lipinski definition) is 2. The van der Waals surface area contributed by atoms with Crippen molar-refractivity contribution < 1.29 is 4.79 Å². The standard InChI is InChI=1S/C16H27N3O/c1-12(2)19-11-13(17)10-14(19)15(20)18-8-5-6-16(3,4)7-9-18/h10-12H,5-9,17H2,1-4H3. The first-order valence-corrected chi connectivity index (χ1v) is 7.57. The first kappa shape index (κ1) is 14.9. The van der Waals surface area contributed by atoms with Gasteiger partial charge in [-0.1, -0.05) is 13.8 Å². The lowest BCUT2D eigenvalue weighted by molar-refractivity contribution is 0.0745. The number of nitrogens with zero attached hydrogens (tertiary/aromatic N) is 2. The minimum Gasteiger partial charge on any atom is -0.397 e. The maximum absolute atomic E-state index is 12.8. The van der Waals surface area contributed by atoms with Crippen molar-refractivity contribution in [3.8, 4) is 0 Å². The van der Waals surface area contributed by atoms with Crippen molar-refractivity contribution in [1.82, 2.24) is 9.47 Å². The van der Waals surface area contributed by atoms with Crippen LogP contribution in [0.3, 0.4) is 0 Å². The van der Waals surface area contributed by atoms with Crippen LogP contribution in [0.25, 0.3) is 0 Å². The lowest BCUT2D eigenvalue weighted by Crippen LogP contribution is -2.34. The van der Waals surface area contributed by atoms with Crippen LogP contribution >= 0.6 is 0 Å². The Morgan fingerprint density at radius 2 is 2.00 bits per heavy atom. The topological polar surface area (TPSA) is 51.3 Å². The van der Waals surface area contributed by atoms with E-state index in [0.29, 0.717) is 11.1 Å². The summed E-state index contributed by atoms with van der Waals surface area (Å²) in [6.07, 6.45) is 5.19. The second-order valence-electron chi connectivity index (χ2n) is 6.97. The predicted octanol–water partition coefficient (Wildman–Crippen LogP) is 3.30. The molecular weight excluding hydrogens is 250 g/mol. The Hall–Kier alpha value is -1.45. The molecular formula is C16H27N3O. The molecule has 0 spiro atoms. The largest absolute Gasteiger partial charge is 0.397 e. The number of carbonyl (C=O) groups excluding carboxylic acids is 1. The molecule has 20 heavy (non-hydrogen) atoms. The molecule has 2 N–H and O–H groups in total. The lowest BCUT2D eigenvalue weighted by atomic mass is 9.85. The molecule has 1 aliphatic heterocycles. The first-order chi connectivity index (χ1) is 9.30. The van der Waals surface area contributed by atoms with Crippen LogP contribution in [0.5, 0.6) is 0 Å². The highest BCUT2D eigenvalue weighted by Gasteiger charge is 2.27. The molecule has 0 atom stereocenters. The number of rotatable bonds is 2. The van der Waals surface area contributed by atoms with Gasteiger partial charge in [-0.3, -0.25) is 4.79 Å². The van der Waals surface area contributed by atoms with Gasteiger partial charge in [-0.2, -0.15) is 0 Å². The van der Waals surface area contributed by atoms with E-state index in [2.05, 4.69) is 27.7 Å². The van der Waals surface area contributed by atoms with Gasteiger partial charge in [0, 0.05) is 25.3 Å². The molecule has 0 radical (unpaired) electrons. The quantitative estimate of drug-likeness (QED) is 0.901. The van der Waals surface area contributed by atoms with Crippen LogP contribution in [-0.4, -0.2) is 28.5 Å². The Morgan fingerprint density at radius 1 is 1.30 bits per heavy atom. The van der Waals surface area contributed by atoms with Crippen LogP contribution in [-0.2, 0) is 0 Å². The number of likely N-dealkylation sites (tertiary alicyclic amines) is 1. The van der Waals surface area contributed by atoms with E-state index in [0.717, 1.165) is 31.6 Å². The molecule has 1 aromatic rings.